The van der Waals surface area contributed by atoms with Crippen molar-refractivity contribution < 1.29 is 4.42 Å². The number of benzene rings is 7. The summed E-state index contributed by atoms with van der Waals surface area (Å²) in [6.07, 6.45) is 0. The molecule has 0 amide bonds. The Morgan fingerprint density at radius 3 is 1.82 bits per heavy atom. The first-order valence-corrected chi connectivity index (χ1v) is 18.5. The fourth-order valence-electron chi connectivity index (χ4n) is 7.32. The van der Waals surface area contributed by atoms with Gasteiger partial charge < -0.3 is 4.42 Å². The fraction of sp³-hybridized carbons (Fsp3) is 0. The smallest absolute Gasteiger partial charge is 0.165 e. The van der Waals surface area contributed by atoms with Crippen molar-refractivity contribution in [3.05, 3.63) is 152 Å². The summed E-state index contributed by atoms with van der Waals surface area (Å²) in [5, 5.41) is 7.23. The number of furan rings is 1. The summed E-state index contributed by atoms with van der Waals surface area (Å²) in [6.45, 7) is 0. The van der Waals surface area contributed by atoms with Crippen LogP contribution in [-0.4, -0.2) is 15.0 Å². The Labute approximate surface area is 299 Å². The SMILES string of the molecule is c1ccc(-c2nc(-c3ccc4c(c3)oc3ccccc34)nc(-c3cccc4c3sc3ccc(-c5cccc6c5sc5ccccc56)cc34)n2)cc1. The number of para-hydroxylation sites is 1. The van der Waals surface area contributed by atoms with E-state index in [4.69, 9.17) is 19.4 Å². The highest BCUT2D eigenvalue weighted by molar-refractivity contribution is 7.26. The predicted octanol–water partition coefficient (Wildman–Crippen LogP) is 13.2. The van der Waals surface area contributed by atoms with Crippen LogP contribution in [0.4, 0.5) is 0 Å². The van der Waals surface area contributed by atoms with E-state index in [1.807, 2.05) is 65.9 Å². The second-order valence-electron chi connectivity index (χ2n) is 12.8. The number of thiophene rings is 2. The lowest BCUT2D eigenvalue weighted by Crippen LogP contribution is -2.00. The van der Waals surface area contributed by atoms with Gasteiger partial charge in [0.25, 0.3) is 0 Å². The molecular weight excluding hydrogens is 663 g/mol. The van der Waals surface area contributed by atoms with Crippen LogP contribution in [0.25, 0.3) is 108 Å². The van der Waals surface area contributed by atoms with E-state index in [0.29, 0.717) is 17.5 Å². The maximum absolute atomic E-state index is 6.25. The van der Waals surface area contributed by atoms with Crippen molar-refractivity contribution in [3.8, 4) is 45.3 Å². The van der Waals surface area contributed by atoms with Crippen molar-refractivity contribution >= 4 is 85.0 Å². The zero-order chi connectivity index (χ0) is 33.5. The summed E-state index contributed by atoms with van der Waals surface area (Å²) in [6, 6.07) is 53.2. The van der Waals surface area contributed by atoms with Gasteiger partial charge >= 0.3 is 0 Å². The molecule has 0 aliphatic carbocycles. The quantitative estimate of drug-likeness (QED) is 0.185. The largest absolute Gasteiger partial charge is 0.456 e. The summed E-state index contributed by atoms with van der Waals surface area (Å²) in [5.74, 6) is 1.89. The summed E-state index contributed by atoms with van der Waals surface area (Å²) in [4.78, 5) is 15.3. The van der Waals surface area contributed by atoms with E-state index in [1.54, 1.807) is 11.3 Å². The van der Waals surface area contributed by atoms with E-state index in [9.17, 15) is 0 Å². The number of nitrogens with zero attached hydrogens (tertiary/aromatic N) is 3. The summed E-state index contributed by atoms with van der Waals surface area (Å²) in [7, 11) is 0. The van der Waals surface area contributed by atoms with Crippen LogP contribution < -0.4 is 0 Å². The average Bonchev–Trinajstić information content (AvgIpc) is 3.88. The molecule has 4 nitrogen and oxygen atoms in total. The van der Waals surface area contributed by atoms with E-state index in [2.05, 4.69) is 97.1 Å². The van der Waals surface area contributed by atoms with Crippen LogP contribution >= 0.6 is 22.7 Å². The molecule has 0 spiro atoms. The molecule has 0 aliphatic rings. The second-order valence-corrected chi connectivity index (χ2v) is 14.9. The Bertz CT molecular complexity index is 3160. The van der Waals surface area contributed by atoms with Gasteiger partial charge in [0.1, 0.15) is 11.2 Å². The molecule has 0 bridgehead atoms. The number of fused-ring (bicyclic) bond motifs is 9. The molecular formula is C45H25N3OS2. The van der Waals surface area contributed by atoms with Gasteiger partial charge in [0.15, 0.2) is 17.5 Å². The molecule has 0 saturated carbocycles. The van der Waals surface area contributed by atoms with Crippen molar-refractivity contribution in [2.45, 2.75) is 0 Å². The molecule has 7 aromatic carbocycles. The van der Waals surface area contributed by atoms with Gasteiger partial charge in [-0.1, -0.05) is 109 Å². The van der Waals surface area contributed by atoms with E-state index in [-0.39, 0.29) is 0 Å². The summed E-state index contributed by atoms with van der Waals surface area (Å²) < 4.78 is 11.3. The number of rotatable bonds is 4. The van der Waals surface area contributed by atoms with E-state index in [0.717, 1.165) is 43.3 Å². The minimum absolute atomic E-state index is 0.609. The van der Waals surface area contributed by atoms with Crippen molar-refractivity contribution in [1.82, 2.24) is 15.0 Å². The molecule has 0 saturated heterocycles. The van der Waals surface area contributed by atoms with Crippen molar-refractivity contribution in [1.29, 1.82) is 0 Å². The first-order chi connectivity index (χ1) is 25.2. The average molecular weight is 688 g/mol. The Kier molecular flexibility index (Phi) is 6.26. The van der Waals surface area contributed by atoms with E-state index < -0.39 is 0 Å². The number of hydrogen-bond acceptors (Lipinski definition) is 6. The third-order valence-electron chi connectivity index (χ3n) is 9.76. The number of aromatic nitrogens is 3. The molecule has 0 N–H and O–H groups in total. The van der Waals surface area contributed by atoms with Gasteiger partial charge in [-0.2, -0.15) is 0 Å². The first kappa shape index (κ1) is 28.6. The second kappa shape index (κ2) is 11.2. The standard InChI is InChI=1S/C45H25N3OS2/c1-2-10-26(11-3-1)43-46-44(28-20-22-31-30-12-4-6-18-37(30)49-38(31)25-28)48-45(47-43)35-17-9-16-34-36-24-27(21-23-40(36)51-42(34)35)29-14-8-15-33-32-13-5-7-19-39(32)50-41(29)33/h1-25H. The van der Waals surface area contributed by atoms with Crippen molar-refractivity contribution in [2.24, 2.45) is 0 Å². The molecule has 0 unspecified atom stereocenters. The van der Waals surface area contributed by atoms with Gasteiger partial charge in [0, 0.05) is 67.8 Å². The lowest BCUT2D eigenvalue weighted by molar-refractivity contribution is 0.669. The van der Waals surface area contributed by atoms with Gasteiger partial charge in [-0.05, 0) is 53.6 Å². The van der Waals surface area contributed by atoms with Crippen LogP contribution in [0.5, 0.6) is 0 Å². The molecule has 0 aliphatic heterocycles. The molecule has 51 heavy (non-hydrogen) atoms. The minimum Gasteiger partial charge on any atom is -0.456 e. The lowest BCUT2D eigenvalue weighted by Gasteiger charge is -2.09. The summed E-state index contributed by atoms with van der Waals surface area (Å²) >= 11 is 3.66. The molecule has 6 heteroatoms. The Balaban J connectivity index is 1.09. The molecule has 4 heterocycles. The lowest BCUT2D eigenvalue weighted by atomic mass is 10.00. The van der Waals surface area contributed by atoms with Crippen LogP contribution in [-0.2, 0) is 0 Å². The van der Waals surface area contributed by atoms with E-state index in [1.165, 1.54) is 46.8 Å². The third kappa shape index (κ3) is 4.54. The highest BCUT2D eigenvalue weighted by Crippen LogP contribution is 2.44. The molecule has 11 rings (SSSR count). The predicted molar refractivity (Wildman–Crippen MR) is 215 cm³/mol. The molecule has 0 atom stereocenters. The number of hydrogen-bond donors (Lipinski definition) is 0. The fourth-order valence-corrected chi connectivity index (χ4v) is 9.75. The van der Waals surface area contributed by atoms with Crippen LogP contribution in [0.2, 0.25) is 0 Å². The topological polar surface area (TPSA) is 51.8 Å². The van der Waals surface area contributed by atoms with Crippen LogP contribution in [0.3, 0.4) is 0 Å². The van der Waals surface area contributed by atoms with Gasteiger partial charge in [-0.3, -0.25) is 0 Å². The van der Waals surface area contributed by atoms with Crippen LogP contribution in [0, 0.1) is 0 Å². The molecule has 4 aromatic heterocycles. The minimum atomic E-state index is 0.609. The maximum Gasteiger partial charge on any atom is 0.165 e. The third-order valence-corrected chi connectivity index (χ3v) is 12.2. The monoisotopic (exact) mass is 687 g/mol. The zero-order valence-corrected chi connectivity index (χ0v) is 28.6. The Morgan fingerprint density at radius 2 is 0.961 bits per heavy atom. The zero-order valence-electron chi connectivity index (χ0n) is 27.0. The van der Waals surface area contributed by atoms with Crippen LogP contribution in [0.15, 0.2) is 156 Å². The van der Waals surface area contributed by atoms with E-state index >= 15 is 0 Å². The van der Waals surface area contributed by atoms with Crippen molar-refractivity contribution in [3.63, 3.8) is 0 Å². The highest BCUT2D eigenvalue weighted by Gasteiger charge is 2.19. The highest BCUT2D eigenvalue weighted by atomic mass is 32.1. The molecule has 238 valence electrons. The Morgan fingerprint density at radius 1 is 0.353 bits per heavy atom. The van der Waals surface area contributed by atoms with Crippen LogP contribution in [0.1, 0.15) is 0 Å². The van der Waals surface area contributed by atoms with Gasteiger partial charge in [0.2, 0.25) is 0 Å². The first-order valence-electron chi connectivity index (χ1n) is 16.8. The van der Waals surface area contributed by atoms with Gasteiger partial charge in [0.05, 0.1) is 0 Å². The molecule has 0 fully saturated rings. The molecule has 11 aromatic rings. The maximum atomic E-state index is 6.25. The normalized spacial score (nSPS) is 11.9. The Hall–Kier alpha value is -6.21. The van der Waals surface area contributed by atoms with Crippen molar-refractivity contribution in [2.75, 3.05) is 0 Å². The van der Waals surface area contributed by atoms with Gasteiger partial charge in [-0.15, -0.1) is 22.7 Å². The summed E-state index contributed by atoms with van der Waals surface area (Å²) in [5.41, 5.74) is 6.98. The molecule has 0 radical (unpaired) electrons. The van der Waals surface area contributed by atoms with Gasteiger partial charge in [-0.25, -0.2) is 15.0 Å².